The van der Waals surface area contributed by atoms with Gasteiger partial charge in [-0.15, -0.1) is 0 Å². The topological polar surface area (TPSA) is 78.9 Å². The number of amides is 1. The van der Waals surface area contributed by atoms with E-state index in [2.05, 4.69) is 5.32 Å². The predicted molar refractivity (Wildman–Crippen MR) is 68.4 cm³/mol. The Hall–Kier alpha value is -1.14. The number of nitrogens with zero attached hydrogens (tertiary/aromatic N) is 1. The minimum Gasteiger partial charge on any atom is -0.480 e. The van der Waals surface area contributed by atoms with Crippen LogP contribution in [0.3, 0.4) is 0 Å². The third-order valence-electron chi connectivity index (χ3n) is 2.96. The van der Waals surface area contributed by atoms with Gasteiger partial charge in [-0.3, -0.25) is 14.5 Å². The Kier molecular flexibility index (Phi) is 8.32. The summed E-state index contributed by atoms with van der Waals surface area (Å²) in [7, 11) is 1.56. The van der Waals surface area contributed by atoms with Gasteiger partial charge in [-0.1, -0.05) is 6.92 Å². The molecule has 2 unspecified atom stereocenters. The maximum absolute atomic E-state index is 11.9. The van der Waals surface area contributed by atoms with Crippen LogP contribution < -0.4 is 5.32 Å². The van der Waals surface area contributed by atoms with Gasteiger partial charge < -0.3 is 15.2 Å². The molecule has 1 amide bonds. The van der Waals surface area contributed by atoms with Gasteiger partial charge in [0.25, 0.3) is 0 Å². The van der Waals surface area contributed by atoms with E-state index >= 15 is 0 Å². The minimum atomic E-state index is -0.924. The SMILES string of the molecule is CCC(C)N(CC(=O)O)C(C)C(=O)NCCOC. The number of hydrogen-bond acceptors (Lipinski definition) is 4. The first-order valence-electron chi connectivity index (χ1n) is 6.18. The molecular formula is C12H24N2O4. The average molecular weight is 260 g/mol. The zero-order valence-electron chi connectivity index (χ0n) is 11.6. The Labute approximate surface area is 108 Å². The minimum absolute atomic E-state index is 0.0456. The van der Waals surface area contributed by atoms with Crippen LogP contribution in [0.2, 0.25) is 0 Å². The highest BCUT2D eigenvalue weighted by atomic mass is 16.5. The maximum atomic E-state index is 11.9. The van der Waals surface area contributed by atoms with Gasteiger partial charge in [0, 0.05) is 19.7 Å². The standard InChI is InChI=1S/C12H24N2O4/c1-5-9(2)14(8-11(15)16)10(3)12(17)13-6-7-18-4/h9-10H,5-8H2,1-4H3,(H,13,17)(H,15,16). The molecule has 6 heteroatoms. The molecule has 0 spiro atoms. The van der Waals surface area contributed by atoms with E-state index in [-0.39, 0.29) is 18.5 Å². The van der Waals surface area contributed by atoms with Crippen LogP contribution in [-0.4, -0.2) is 60.8 Å². The summed E-state index contributed by atoms with van der Waals surface area (Å²) >= 11 is 0. The van der Waals surface area contributed by atoms with Gasteiger partial charge in [-0.25, -0.2) is 0 Å². The third-order valence-corrected chi connectivity index (χ3v) is 2.96. The summed E-state index contributed by atoms with van der Waals surface area (Å²) in [4.78, 5) is 24.4. The molecule has 0 rings (SSSR count). The molecule has 0 bridgehead atoms. The van der Waals surface area contributed by atoms with Crippen LogP contribution in [0.1, 0.15) is 27.2 Å². The highest BCUT2D eigenvalue weighted by Crippen LogP contribution is 2.08. The predicted octanol–water partition coefficient (Wildman–Crippen LogP) is 0.323. The number of nitrogens with one attached hydrogen (secondary N) is 1. The van der Waals surface area contributed by atoms with Crippen molar-refractivity contribution >= 4 is 11.9 Å². The summed E-state index contributed by atoms with van der Waals surface area (Å²) in [6.45, 7) is 6.35. The van der Waals surface area contributed by atoms with E-state index in [1.807, 2.05) is 13.8 Å². The zero-order chi connectivity index (χ0) is 14.1. The van der Waals surface area contributed by atoms with Crippen molar-refractivity contribution in [1.29, 1.82) is 0 Å². The molecule has 0 aliphatic carbocycles. The molecule has 2 N–H and O–H groups in total. The van der Waals surface area contributed by atoms with Gasteiger partial charge in [0.05, 0.1) is 19.2 Å². The monoisotopic (exact) mass is 260 g/mol. The molecule has 106 valence electrons. The second-order valence-corrected chi connectivity index (χ2v) is 4.28. The molecule has 0 aliphatic heterocycles. The number of methoxy groups -OCH3 is 1. The van der Waals surface area contributed by atoms with Crippen LogP contribution in [-0.2, 0) is 14.3 Å². The molecule has 0 radical (unpaired) electrons. The lowest BCUT2D eigenvalue weighted by molar-refractivity contribution is -0.140. The Bertz CT molecular complexity index is 271. The smallest absolute Gasteiger partial charge is 0.317 e. The van der Waals surface area contributed by atoms with Crippen molar-refractivity contribution in [2.75, 3.05) is 26.8 Å². The van der Waals surface area contributed by atoms with Gasteiger partial charge in [-0.05, 0) is 20.3 Å². The highest BCUT2D eigenvalue weighted by molar-refractivity contribution is 5.82. The van der Waals surface area contributed by atoms with Crippen molar-refractivity contribution in [3.8, 4) is 0 Å². The number of carbonyl (C=O) groups excluding carboxylic acids is 1. The van der Waals surface area contributed by atoms with Gasteiger partial charge in [0.1, 0.15) is 0 Å². The lowest BCUT2D eigenvalue weighted by Crippen LogP contribution is -2.51. The number of aliphatic carboxylic acids is 1. The van der Waals surface area contributed by atoms with E-state index in [1.165, 1.54) is 0 Å². The lowest BCUT2D eigenvalue weighted by atomic mass is 10.1. The van der Waals surface area contributed by atoms with E-state index in [9.17, 15) is 9.59 Å². The van der Waals surface area contributed by atoms with Crippen LogP contribution in [0, 0.1) is 0 Å². The first-order chi connectivity index (χ1) is 8.43. The largest absolute Gasteiger partial charge is 0.480 e. The first-order valence-corrected chi connectivity index (χ1v) is 6.18. The number of hydrogen-bond donors (Lipinski definition) is 2. The normalized spacial score (nSPS) is 14.3. The Morgan fingerprint density at radius 3 is 2.44 bits per heavy atom. The Morgan fingerprint density at radius 1 is 1.39 bits per heavy atom. The maximum Gasteiger partial charge on any atom is 0.317 e. The van der Waals surface area contributed by atoms with Crippen LogP contribution in [0.4, 0.5) is 0 Å². The van der Waals surface area contributed by atoms with E-state index < -0.39 is 12.0 Å². The van der Waals surface area contributed by atoms with Crippen molar-refractivity contribution in [2.45, 2.75) is 39.3 Å². The number of rotatable bonds is 9. The van der Waals surface area contributed by atoms with Gasteiger partial charge in [0.2, 0.25) is 5.91 Å². The molecule has 18 heavy (non-hydrogen) atoms. The highest BCUT2D eigenvalue weighted by Gasteiger charge is 2.26. The van der Waals surface area contributed by atoms with Gasteiger partial charge in [0.15, 0.2) is 0 Å². The summed E-state index contributed by atoms with van der Waals surface area (Å²) in [6, 6.07) is -0.419. The summed E-state index contributed by atoms with van der Waals surface area (Å²) in [5, 5.41) is 11.6. The quantitative estimate of drug-likeness (QED) is 0.584. The fourth-order valence-corrected chi connectivity index (χ4v) is 1.64. The molecule has 2 atom stereocenters. The second-order valence-electron chi connectivity index (χ2n) is 4.28. The molecule has 0 fully saturated rings. The number of ether oxygens (including phenoxy) is 1. The van der Waals surface area contributed by atoms with Crippen molar-refractivity contribution in [3.63, 3.8) is 0 Å². The first kappa shape index (κ1) is 16.9. The van der Waals surface area contributed by atoms with E-state index in [1.54, 1.807) is 18.9 Å². The third kappa shape index (κ3) is 5.97. The number of carbonyl (C=O) groups is 2. The van der Waals surface area contributed by atoms with Crippen molar-refractivity contribution in [2.24, 2.45) is 0 Å². The van der Waals surface area contributed by atoms with Gasteiger partial charge in [-0.2, -0.15) is 0 Å². The summed E-state index contributed by atoms with van der Waals surface area (Å²) in [6.07, 6.45) is 0.795. The molecule has 0 aromatic heterocycles. The Balaban J connectivity index is 4.48. The van der Waals surface area contributed by atoms with E-state index in [4.69, 9.17) is 9.84 Å². The van der Waals surface area contributed by atoms with E-state index in [0.29, 0.717) is 13.2 Å². The molecule has 0 aromatic carbocycles. The van der Waals surface area contributed by atoms with Crippen LogP contribution in [0.15, 0.2) is 0 Å². The Morgan fingerprint density at radius 2 is 2.00 bits per heavy atom. The molecule has 0 aromatic rings. The molecule has 6 nitrogen and oxygen atoms in total. The van der Waals surface area contributed by atoms with Crippen LogP contribution in [0.25, 0.3) is 0 Å². The summed E-state index contributed by atoms with van der Waals surface area (Å²) in [5.41, 5.74) is 0. The zero-order valence-corrected chi connectivity index (χ0v) is 11.6. The van der Waals surface area contributed by atoms with Gasteiger partial charge >= 0.3 is 5.97 Å². The molecule has 0 heterocycles. The van der Waals surface area contributed by atoms with Crippen molar-refractivity contribution in [1.82, 2.24) is 10.2 Å². The second kappa shape index (κ2) is 8.88. The van der Waals surface area contributed by atoms with Crippen LogP contribution in [0.5, 0.6) is 0 Å². The van der Waals surface area contributed by atoms with Crippen LogP contribution >= 0.6 is 0 Å². The fourth-order valence-electron chi connectivity index (χ4n) is 1.64. The summed E-state index contributed by atoms with van der Waals surface area (Å²) < 4.78 is 4.84. The average Bonchev–Trinajstić information content (AvgIpc) is 2.34. The fraction of sp³-hybridized carbons (Fsp3) is 0.833. The summed E-state index contributed by atoms with van der Waals surface area (Å²) in [5.74, 6) is -1.10. The molecular weight excluding hydrogens is 236 g/mol. The molecule has 0 aliphatic rings. The van der Waals surface area contributed by atoms with Crippen molar-refractivity contribution in [3.05, 3.63) is 0 Å². The van der Waals surface area contributed by atoms with E-state index in [0.717, 1.165) is 6.42 Å². The van der Waals surface area contributed by atoms with Crippen molar-refractivity contribution < 1.29 is 19.4 Å². The number of carboxylic acid groups (broad SMARTS) is 1. The molecule has 0 saturated heterocycles. The molecule has 0 saturated carbocycles. The lowest BCUT2D eigenvalue weighted by Gasteiger charge is -2.31. The number of carboxylic acids is 1.